The summed E-state index contributed by atoms with van der Waals surface area (Å²) in [4.78, 5) is 32.2. The summed E-state index contributed by atoms with van der Waals surface area (Å²) in [5, 5.41) is 6.33. The highest BCUT2D eigenvalue weighted by molar-refractivity contribution is 6.20. The van der Waals surface area contributed by atoms with Gasteiger partial charge in [-0.25, -0.2) is 14.2 Å². The smallest absolute Gasteiger partial charge is 0.321 e. The van der Waals surface area contributed by atoms with E-state index in [4.69, 9.17) is 0 Å². The average Bonchev–Trinajstić information content (AvgIpc) is 3.11. The molecule has 3 aromatic carbocycles. The minimum absolute atomic E-state index is 0.249. The van der Waals surface area contributed by atoms with Crippen LogP contribution in [0.3, 0.4) is 0 Å². The molecule has 1 aromatic heterocycles. The molecule has 7 nitrogen and oxygen atoms in total. The summed E-state index contributed by atoms with van der Waals surface area (Å²) in [7, 11) is 3.50. The van der Waals surface area contributed by atoms with Crippen molar-refractivity contribution in [2.75, 3.05) is 17.3 Å². The quantitative estimate of drug-likeness (QED) is 0.484. The number of aryl methyl sites for hydroxylation is 1. The van der Waals surface area contributed by atoms with Gasteiger partial charge in [-0.2, -0.15) is 0 Å². The van der Waals surface area contributed by atoms with E-state index in [1.54, 1.807) is 55.7 Å². The first-order chi connectivity index (χ1) is 16.4. The van der Waals surface area contributed by atoms with E-state index in [1.165, 1.54) is 11.0 Å². The Morgan fingerprint density at radius 3 is 2.41 bits per heavy atom. The normalized spacial score (nSPS) is 15.5. The number of urea groups is 1. The molecule has 3 amide bonds. The molecule has 1 aliphatic heterocycles. The van der Waals surface area contributed by atoms with Gasteiger partial charge in [-0.1, -0.05) is 48.5 Å². The number of hydrogen-bond donors (Lipinski definition) is 2. The fraction of sp³-hybridized carbons (Fsp3) is 0.115. The molecule has 1 aliphatic rings. The fourth-order valence-corrected chi connectivity index (χ4v) is 4.21. The van der Waals surface area contributed by atoms with Gasteiger partial charge in [-0.15, -0.1) is 0 Å². The number of benzene rings is 3. The SMILES string of the molecule is CN1C(=O)C(NC(=O)Nc2cn(C)c3ccccc23)N=C(c2ccccc2F)c2ccccc21. The third-order valence-electron chi connectivity index (χ3n) is 5.89. The van der Waals surface area contributed by atoms with Crippen molar-refractivity contribution in [3.8, 4) is 0 Å². The molecule has 1 atom stereocenters. The maximum absolute atomic E-state index is 14.7. The van der Waals surface area contributed by atoms with Crippen LogP contribution in [0.2, 0.25) is 0 Å². The van der Waals surface area contributed by atoms with Crippen LogP contribution in [0.5, 0.6) is 0 Å². The molecule has 2 N–H and O–H groups in total. The van der Waals surface area contributed by atoms with Crippen LogP contribution in [0.1, 0.15) is 11.1 Å². The van der Waals surface area contributed by atoms with E-state index in [0.29, 0.717) is 22.6 Å². The zero-order valence-electron chi connectivity index (χ0n) is 18.6. The van der Waals surface area contributed by atoms with Crippen LogP contribution in [0.25, 0.3) is 10.9 Å². The second-order valence-corrected chi connectivity index (χ2v) is 8.04. The number of carbonyl (C=O) groups is 2. The van der Waals surface area contributed by atoms with Crippen molar-refractivity contribution in [2.24, 2.45) is 12.0 Å². The Morgan fingerprint density at radius 1 is 0.941 bits per heavy atom. The number of amides is 3. The first-order valence-corrected chi connectivity index (χ1v) is 10.8. The maximum atomic E-state index is 14.7. The van der Waals surface area contributed by atoms with Gasteiger partial charge in [0.05, 0.1) is 17.1 Å². The van der Waals surface area contributed by atoms with Gasteiger partial charge in [0.2, 0.25) is 6.17 Å². The van der Waals surface area contributed by atoms with Crippen LogP contribution in [0.4, 0.5) is 20.6 Å². The van der Waals surface area contributed by atoms with Crippen LogP contribution < -0.4 is 15.5 Å². The molecule has 4 aromatic rings. The lowest BCUT2D eigenvalue weighted by molar-refractivity contribution is -0.119. The van der Waals surface area contributed by atoms with Crippen molar-refractivity contribution >= 4 is 39.9 Å². The van der Waals surface area contributed by atoms with Gasteiger partial charge in [0, 0.05) is 42.3 Å². The van der Waals surface area contributed by atoms with E-state index in [1.807, 2.05) is 35.9 Å². The summed E-state index contributed by atoms with van der Waals surface area (Å²) in [6.45, 7) is 0. The van der Waals surface area contributed by atoms with E-state index in [0.717, 1.165) is 10.9 Å². The van der Waals surface area contributed by atoms with Crippen molar-refractivity contribution in [1.29, 1.82) is 0 Å². The van der Waals surface area contributed by atoms with Crippen LogP contribution >= 0.6 is 0 Å². The summed E-state index contributed by atoms with van der Waals surface area (Å²) in [6, 6.07) is 20.4. The Kier molecular flexibility index (Phi) is 5.33. The topological polar surface area (TPSA) is 78.7 Å². The third-order valence-corrected chi connectivity index (χ3v) is 5.89. The number of nitrogens with one attached hydrogen (secondary N) is 2. The molecule has 5 rings (SSSR count). The lowest BCUT2D eigenvalue weighted by Crippen LogP contribution is -2.47. The van der Waals surface area contributed by atoms with Crippen molar-refractivity contribution < 1.29 is 14.0 Å². The van der Waals surface area contributed by atoms with E-state index in [9.17, 15) is 14.0 Å². The summed E-state index contributed by atoms with van der Waals surface area (Å²) >= 11 is 0. The van der Waals surface area contributed by atoms with Crippen molar-refractivity contribution in [3.05, 3.63) is 95.9 Å². The molecule has 34 heavy (non-hydrogen) atoms. The number of nitrogens with zero attached hydrogens (tertiary/aromatic N) is 3. The van der Waals surface area contributed by atoms with Crippen LogP contribution in [-0.4, -0.2) is 35.4 Å². The Hall–Kier alpha value is -4.46. The highest BCUT2D eigenvalue weighted by atomic mass is 19.1. The summed E-state index contributed by atoms with van der Waals surface area (Å²) < 4.78 is 16.6. The number of likely N-dealkylation sites (N-methyl/N-ethyl adjacent to an activating group) is 1. The molecule has 0 spiro atoms. The molecule has 0 saturated heterocycles. The Bertz CT molecular complexity index is 1460. The number of fused-ring (bicyclic) bond motifs is 2. The number of para-hydroxylation sites is 2. The second kappa shape index (κ2) is 8.47. The lowest BCUT2D eigenvalue weighted by atomic mass is 10.00. The molecular formula is C26H22FN5O2. The van der Waals surface area contributed by atoms with E-state index >= 15 is 0 Å². The van der Waals surface area contributed by atoms with Gasteiger partial charge in [0.25, 0.3) is 5.91 Å². The predicted octanol–water partition coefficient (Wildman–Crippen LogP) is 4.28. The Balaban J connectivity index is 1.51. The van der Waals surface area contributed by atoms with Crippen molar-refractivity contribution in [2.45, 2.75) is 6.17 Å². The van der Waals surface area contributed by atoms with Gasteiger partial charge in [-0.3, -0.25) is 4.79 Å². The predicted molar refractivity (Wildman–Crippen MR) is 131 cm³/mol. The average molecular weight is 455 g/mol. The number of aromatic nitrogens is 1. The number of carbonyl (C=O) groups excluding carboxylic acids is 2. The Labute approximate surface area is 195 Å². The van der Waals surface area contributed by atoms with Gasteiger partial charge < -0.3 is 20.1 Å². The summed E-state index contributed by atoms with van der Waals surface area (Å²) in [5.41, 5.74) is 3.28. The molecule has 1 unspecified atom stereocenters. The molecule has 2 heterocycles. The van der Waals surface area contributed by atoms with Gasteiger partial charge in [0.15, 0.2) is 0 Å². The van der Waals surface area contributed by atoms with E-state index in [2.05, 4.69) is 15.6 Å². The van der Waals surface area contributed by atoms with Crippen LogP contribution in [-0.2, 0) is 11.8 Å². The summed E-state index contributed by atoms with van der Waals surface area (Å²) in [6.07, 6.45) is 0.553. The number of hydrogen-bond acceptors (Lipinski definition) is 3. The Morgan fingerprint density at radius 2 is 1.62 bits per heavy atom. The fourth-order valence-electron chi connectivity index (χ4n) is 4.21. The minimum Gasteiger partial charge on any atom is -0.348 e. The first kappa shape index (κ1) is 21.4. The highest BCUT2D eigenvalue weighted by Gasteiger charge is 2.31. The van der Waals surface area contributed by atoms with Crippen molar-refractivity contribution in [3.63, 3.8) is 0 Å². The lowest BCUT2D eigenvalue weighted by Gasteiger charge is -2.21. The first-order valence-electron chi connectivity index (χ1n) is 10.8. The molecule has 170 valence electrons. The molecule has 8 heteroatoms. The minimum atomic E-state index is -1.25. The number of halogens is 1. The highest BCUT2D eigenvalue weighted by Crippen LogP contribution is 2.28. The molecule has 0 radical (unpaired) electrons. The van der Waals surface area contributed by atoms with Gasteiger partial charge in [-0.05, 0) is 24.3 Å². The van der Waals surface area contributed by atoms with Crippen molar-refractivity contribution in [1.82, 2.24) is 9.88 Å². The largest absolute Gasteiger partial charge is 0.348 e. The van der Waals surface area contributed by atoms with Gasteiger partial charge in [0.1, 0.15) is 5.82 Å². The van der Waals surface area contributed by atoms with Crippen LogP contribution in [0, 0.1) is 5.82 Å². The zero-order chi connectivity index (χ0) is 23.8. The zero-order valence-corrected chi connectivity index (χ0v) is 18.6. The third kappa shape index (κ3) is 3.69. The second-order valence-electron chi connectivity index (χ2n) is 8.04. The monoisotopic (exact) mass is 455 g/mol. The maximum Gasteiger partial charge on any atom is 0.321 e. The van der Waals surface area contributed by atoms with E-state index < -0.39 is 23.9 Å². The molecule has 0 saturated carbocycles. The number of aliphatic imine (C=N–C) groups is 1. The molecular weight excluding hydrogens is 433 g/mol. The molecule has 0 fully saturated rings. The number of anilines is 2. The molecule has 0 bridgehead atoms. The summed E-state index contributed by atoms with van der Waals surface area (Å²) in [5.74, 6) is -0.904. The van der Waals surface area contributed by atoms with Crippen LogP contribution in [0.15, 0.2) is 84.0 Å². The molecule has 0 aliphatic carbocycles. The number of benzodiazepines with no additional fused rings is 1. The number of rotatable bonds is 3. The van der Waals surface area contributed by atoms with E-state index in [-0.39, 0.29) is 5.56 Å². The standard InChI is InChI=1S/C26H22FN5O2/c1-31-15-20(17-10-4-7-13-21(17)31)28-26(34)30-24-25(33)32(2)22-14-8-5-11-18(22)23(29-24)16-9-3-6-12-19(16)27/h3-15,24H,1-2H3,(H2,28,30,34). The van der Waals surface area contributed by atoms with Gasteiger partial charge >= 0.3 is 6.03 Å².